The summed E-state index contributed by atoms with van der Waals surface area (Å²) in [6.07, 6.45) is 5.17. The maximum atomic E-state index is 12.8. The number of hydrogen-bond acceptors (Lipinski definition) is 3. The molecule has 3 fully saturated rings. The van der Waals surface area contributed by atoms with E-state index in [0.29, 0.717) is 17.8 Å². The highest BCUT2D eigenvalue weighted by Gasteiger charge is 2.37. The predicted molar refractivity (Wildman–Crippen MR) is 106 cm³/mol. The first-order chi connectivity index (χ1) is 13.8. The van der Waals surface area contributed by atoms with Crippen LogP contribution in [-0.4, -0.2) is 65.4 Å². The summed E-state index contributed by atoms with van der Waals surface area (Å²) in [5, 5.41) is 7.08. The van der Waals surface area contributed by atoms with Crippen LogP contribution in [0.3, 0.4) is 0 Å². The molecule has 28 heavy (non-hydrogen) atoms. The molecule has 6 heteroatoms. The number of benzene rings is 1. The fraction of sp³-hybridized carbons (Fsp3) is 0.545. The molecule has 3 saturated heterocycles. The number of ether oxygens (including phenoxy) is 1. The maximum Gasteiger partial charge on any atom is 0.320 e. The van der Waals surface area contributed by atoms with Crippen LogP contribution < -0.4 is 0 Å². The highest BCUT2D eigenvalue weighted by molar-refractivity contribution is 5.76. The number of hydrogen-bond donors (Lipinski definition) is 1. The number of urea groups is 1. The van der Waals surface area contributed by atoms with E-state index in [-0.39, 0.29) is 6.03 Å². The van der Waals surface area contributed by atoms with E-state index in [1.165, 1.54) is 17.5 Å². The molecule has 148 valence electrons. The van der Waals surface area contributed by atoms with Gasteiger partial charge in [-0.05, 0) is 36.5 Å². The third kappa shape index (κ3) is 3.41. The zero-order valence-corrected chi connectivity index (χ0v) is 16.2. The standard InChI is InChI=1S/C22H28N4O2/c27-22(25-10-8-18(12-25)21-7-9-23-24-21)26-13-20(14-26)17-5-3-16(4-6-17)19-2-1-11-28-15-19/h3-7,9,18-20H,1-2,8,10-15H2,(H,23,24). The Hall–Kier alpha value is -2.34. The zero-order chi connectivity index (χ0) is 18.9. The quantitative estimate of drug-likeness (QED) is 0.889. The Labute approximate surface area is 165 Å². The molecule has 2 aromatic rings. The maximum absolute atomic E-state index is 12.8. The van der Waals surface area contributed by atoms with Crippen LogP contribution in [-0.2, 0) is 4.74 Å². The van der Waals surface area contributed by atoms with Gasteiger partial charge in [0.05, 0.1) is 6.61 Å². The average Bonchev–Trinajstić information content (AvgIpc) is 3.40. The lowest BCUT2D eigenvalue weighted by atomic mass is 9.88. The summed E-state index contributed by atoms with van der Waals surface area (Å²) in [4.78, 5) is 16.8. The van der Waals surface area contributed by atoms with Gasteiger partial charge in [0.25, 0.3) is 0 Å². The van der Waals surface area contributed by atoms with Crippen molar-refractivity contribution in [3.63, 3.8) is 0 Å². The minimum absolute atomic E-state index is 0.189. The fourth-order valence-electron chi connectivity index (χ4n) is 4.77. The van der Waals surface area contributed by atoms with E-state index in [0.717, 1.165) is 57.9 Å². The fourth-order valence-corrected chi connectivity index (χ4v) is 4.77. The lowest BCUT2D eigenvalue weighted by molar-refractivity contribution is 0.0804. The van der Waals surface area contributed by atoms with Gasteiger partial charge in [0, 0.05) is 62.4 Å². The van der Waals surface area contributed by atoms with Crippen molar-refractivity contribution in [3.05, 3.63) is 53.3 Å². The zero-order valence-electron chi connectivity index (χ0n) is 16.2. The molecule has 0 aliphatic carbocycles. The number of aromatic nitrogens is 2. The van der Waals surface area contributed by atoms with Gasteiger partial charge < -0.3 is 14.5 Å². The normalized spacial score (nSPS) is 25.7. The van der Waals surface area contributed by atoms with Crippen LogP contribution in [0.15, 0.2) is 36.5 Å². The number of carbonyl (C=O) groups excluding carboxylic acids is 1. The second-order valence-corrected chi connectivity index (χ2v) is 8.41. The summed E-state index contributed by atoms with van der Waals surface area (Å²) < 4.78 is 5.61. The first kappa shape index (κ1) is 17.7. The van der Waals surface area contributed by atoms with Gasteiger partial charge in [0.2, 0.25) is 0 Å². The van der Waals surface area contributed by atoms with Crippen LogP contribution in [0.2, 0.25) is 0 Å². The molecule has 6 nitrogen and oxygen atoms in total. The SMILES string of the molecule is O=C(N1CC(c2ccc(C3CCCOC3)cc2)C1)N1CCC(c2ccn[nH]2)C1. The minimum Gasteiger partial charge on any atom is -0.381 e. The Morgan fingerprint density at radius 1 is 0.964 bits per heavy atom. The summed E-state index contributed by atoms with van der Waals surface area (Å²) in [5.41, 5.74) is 3.87. The molecule has 4 heterocycles. The van der Waals surface area contributed by atoms with Gasteiger partial charge in [-0.15, -0.1) is 0 Å². The molecular formula is C22H28N4O2. The minimum atomic E-state index is 0.189. The second kappa shape index (κ2) is 7.59. The first-order valence-electron chi connectivity index (χ1n) is 10.5. The Kier molecular flexibility index (Phi) is 4.81. The van der Waals surface area contributed by atoms with Crippen molar-refractivity contribution in [2.24, 2.45) is 0 Å². The van der Waals surface area contributed by atoms with Crippen LogP contribution in [0.25, 0.3) is 0 Å². The number of aromatic amines is 1. The molecule has 1 aromatic heterocycles. The Bertz CT molecular complexity index is 792. The lowest BCUT2D eigenvalue weighted by Gasteiger charge is -2.41. The molecule has 3 aliphatic rings. The van der Waals surface area contributed by atoms with E-state index < -0.39 is 0 Å². The van der Waals surface area contributed by atoms with Crippen molar-refractivity contribution >= 4 is 6.03 Å². The summed E-state index contributed by atoms with van der Waals surface area (Å²) in [6.45, 7) is 5.04. The summed E-state index contributed by atoms with van der Waals surface area (Å²) in [5.74, 6) is 1.40. The van der Waals surface area contributed by atoms with E-state index >= 15 is 0 Å². The number of nitrogens with zero attached hydrogens (tertiary/aromatic N) is 3. The van der Waals surface area contributed by atoms with E-state index in [1.807, 2.05) is 15.9 Å². The van der Waals surface area contributed by atoms with Gasteiger partial charge in [0.15, 0.2) is 0 Å². The average molecular weight is 380 g/mol. The number of likely N-dealkylation sites (tertiary alicyclic amines) is 2. The monoisotopic (exact) mass is 380 g/mol. The third-order valence-electron chi connectivity index (χ3n) is 6.61. The van der Waals surface area contributed by atoms with Gasteiger partial charge in [-0.2, -0.15) is 5.10 Å². The molecule has 0 saturated carbocycles. The molecule has 0 bridgehead atoms. The molecule has 2 atom stereocenters. The van der Waals surface area contributed by atoms with Gasteiger partial charge in [-0.3, -0.25) is 5.10 Å². The first-order valence-corrected chi connectivity index (χ1v) is 10.5. The van der Waals surface area contributed by atoms with Gasteiger partial charge in [0.1, 0.15) is 0 Å². The van der Waals surface area contributed by atoms with Crippen molar-refractivity contribution in [2.75, 3.05) is 39.4 Å². The number of nitrogens with one attached hydrogen (secondary N) is 1. The highest BCUT2D eigenvalue weighted by atomic mass is 16.5. The van der Waals surface area contributed by atoms with Crippen molar-refractivity contribution in [2.45, 2.75) is 37.0 Å². The molecule has 2 amide bonds. The molecular weight excluding hydrogens is 352 g/mol. The lowest BCUT2D eigenvalue weighted by Crippen LogP contribution is -2.53. The van der Waals surface area contributed by atoms with Crippen molar-refractivity contribution in [1.29, 1.82) is 0 Å². The molecule has 2 unspecified atom stereocenters. The Morgan fingerprint density at radius 2 is 1.71 bits per heavy atom. The molecule has 0 spiro atoms. The molecule has 0 radical (unpaired) electrons. The van der Waals surface area contributed by atoms with Crippen molar-refractivity contribution < 1.29 is 9.53 Å². The third-order valence-corrected chi connectivity index (χ3v) is 6.61. The molecule has 1 N–H and O–H groups in total. The van der Waals surface area contributed by atoms with Gasteiger partial charge >= 0.3 is 6.03 Å². The van der Waals surface area contributed by atoms with E-state index in [9.17, 15) is 4.79 Å². The van der Waals surface area contributed by atoms with E-state index in [1.54, 1.807) is 6.20 Å². The van der Waals surface area contributed by atoms with Crippen LogP contribution >= 0.6 is 0 Å². The largest absolute Gasteiger partial charge is 0.381 e. The predicted octanol–water partition coefficient (Wildman–Crippen LogP) is 3.31. The van der Waals surface area contributed by atoms with E-state index in [4.69, 9.17) is 4.74 Å². The van der Waals surface area contributed by atoms with Crippen molar-refractivity contribution in [3.8, 4) is 0 Å². The number of H-pyrrole nitrogens is 1. The van der Waals surface area contributed by atoms with Crippen molar-refractivity contribution in [1.82, 2.24) is 20.0 Å². The summed E-state index contributed by atoms with van der Waals surface area (Å²) in [6, 6.07) is 11.2. The van der Waals surface area contributed by atoms with Crippen LogP contribution in [0, 0.1) is 0 Å². The Morgan fingerprint density at radius 3 is 2.39 bits per heavy atom. The van der Waals surface area contributed by atoms with Gasteiger partial charge in [-0.1, -0.05) is 24.3 Å². The number of rotatable bonds is 3. The smallest absolute Gasteiger partial charge is 0.320 e. The number of carbonyl (C=O) groups is 1. The molecule has 5 rings (SSSR count). The second-order valence-electron chi connectivity index (χ2n) is 8.41. The number of amides is 2. The molecule has 1 aromatic carbocycles. The van der Waals surface area contributed by atoms with Gasteiger partial charge in [-0.25, -0.2) is 4.79 Å². The van der Waals surface area contributed by atoms with Crippen LogP contribution in [0.5, 0.6) is 0 Å². The Balaban J connectivity index is 1.13. The topological polar surface area (TPSA) is 61.5 Å². The molecule has 3 aliphatic heterocycles. The summed E-state index contributed by atoms with van der Waals surface area (Å²) >= 11 is 0. The van der Waals surface area contributed by atoms with E-state index in [2.05, 4.69) is 34.5 Å². The highest BCUT2D eigenvalue weighted by Crippen LogP contribution is 2.32. The van der Waals surface area contributed by atoms with Crippen LogP contribution in [0.1, 0.15) is 53.8 Å². The summed E-state index contributed by atoms with van der Waals surface area (Å²) in [7, 11) is 0. The van der Waals surface area contributed by atoms with Crippen LogP contribution in [0.4, 0.5) is 4.79 Å².